The van der Waals surface area contributed by atoms with Crippen LogP contribution in [-0.4, -0.2) is 23.7 Å². The molecule has 100 valence electrons. The third-order valence-electron chi connectivity index (χ3n) is 3.89. The summed E-state index contributed by atoms with van der Waals surface area (Å²) in [6.45, 7) is 0. The van der Waals surface area contributed by atoms with Gasteiger partial charge in [0, 0.05) is 29.9 Å². The molecule has 1 saturated carbocycles. The smallest absolute Gasteiger partial charge is 0.0848 e. The van der Waals surface area contributed by atoms with Crippen LogP contribution in [0.4, 0.5) is 0 Å². The first-order valence-corrected chi connectivity index (χ1v) is 7.11. The summed E-state index contributed by atoms with van der Waals surface area (Å²) in [5, 5.41) is 0. The van der Waals surface area contributed by atoms with Gasteiger partial charge in [-0.15, -0.1) is 0 Å². The van der Waals surface area contributed by atoms with Crippen molar-refractivity contribution in [3.63, 3.8) is 0 Å². The number of ether oxygens (including phenoxy) is 1. The van der Waals surface area contributed by atoms with E-state index in [2.05, 4.69) is 26.3 Å². The van der Waals surface area contributed by atoms with Gasteiger partial charge in [-0.1, -0.05) is 12.8 Å². The molecule has 4 nitrogen and oxygen atoms in total. The van der Waals surface area contributed by atoms with Crippen LogP contribution in [0.2, 0.25) is 0 Å². The molecule has 18 heavy (non-hydrogen) atoms. The van der Waals surface area contributed by atoms with Crippen LogP contribution >= 0.6 is 15.9 Å². The largest absolute Gasteiger partial charge is 0.377 e. The Bertz CT molecular complexity index is 376. The summed E-state index contributed by atoms with van der Waals surface area (Å²) in [7, 11) is 1.78. The number of nitrogens with one attached hydrogen (secondary N) is 1. The van der Waals surface area contributed by atoms with Crippen molar-refractivity contribution in [3.05, 3.63) is 28.5 Å². The van der Waals surface area contributed by atoms with E-state index >= 15 is 0 Å². The molecule has 5 heteroatoms. The lowest BCUT2D eigenvalue weighted by Crippen LogP contribution is -2.54. The molecule has 1 aliphatic rings. The molecule has 1 fully saturated rings. The zero-order valence-corrected chi connectivity index (χ0v) is 12.2. The Hall–Kier alpha value is -0.490. The predicted octanol–water partition coefficient (Wildman–Crippen LogP) is 2.18. The average molecular weight is 314 g/mol. The number of halogens is 1. The highest BCUT2D eigenvalue weighted by Crippen LogP contribution is 2.36. The van der Waals surface area contributed by atoms with E-state index < -0.39 is 0 Å². The van der Waals surface area contributed by atoms with Crippen LogP contribution in [-0.2, 0) is 11.2 Å². The fourth-order valence-electron chi connectivity index (χ4n) is 2.80. The Balaban J connectivity index is 2.11. The molecule has 2 rings (SSSR count). The highest BCUT2D eigenvalue weighted by molar-refractivity contribution is 9.10. The van der Waals surface area contributed by atoms with Crippen molar-refractivity contribution in [1.29, 1.82) is 0 Å². The molecule has 0 aliphatic heterocycles. The van der Waals surface area contributed by atoms with Gasteiger partial charge < -0.3 is 4.74 Å². The number of rotatable bonds is 5. The average Bonchev–Trinajstić information content (AvgIpc) is 2.88. The molecular weight excluding hydrogens is 294 g/mol. The van der Waals surface area contributed by atoms with Crippen LogP contribution in [0.3, 0.4) is 0 Å². The Morgan fingerprint density at radius 2 is 2.22 bits per heavy atom. The monoisotopic (exact) mass is 313 g/mol. The van der Waals surface area contributed by atoms with Gasteiger partial charge in [-0.05, 0) is 40.9 Å². The maximum absolute atomic E-state index is 5.77. The number of methoxy groups -OCH3 is 1. The molecule has 1 aromatic heterocycles. The molecular formula is C13H20BrN3O. The van der Waals surface area contributed by atoms with Gasteiger partial charge in [-0.25, -0.2) is 0 Å². The maximum Gasteiger partial charge on any atom is 0.0848 e. The standard InChI is InChI=1S/C13H20BrN3O/c1-18-13(6-2-3-7-13)12(17-15)8-11-5-4-10(14)9-16-11/h4-5,9,12,17H,2-3,6-8,15H2,1H3. The zero-order valence-electron chi connectivity index (χ0n) is 10.7. The van der Waals surface area contributed by atoms with Crippen molar-refractivity contribution >= 4 is 15.9 Å². The lowest BCUT2D eigenvalue weighted by Gasteiger charge is -2.35. The molecule has 1 heterocycles. The molecule has 1 atom stereocenters. The van der Waals surface area contributed by atoms with E-state index in [4.69, 9.17) is 10.6 Å². The molecule has 0 radical (unpaired) electrons. The molecule has 3 N–H and O–H groups in total. The molecule has 0 saturated heterocycles. The lowest BCUT2D eigenvalue weighted by atomic mass is 9.89. The molecule has 0 spiro atoms. The van der Waals surface area contributed by atoms with E-state index in [0.717, 1.165) is 29.4 Å². The van der Waals surface area contributed by atoms with Crippen LogP contribution < -0.4 is 11.3 Å². The number of hydrazine groups is 1. The second kappa shape index (κ2) is 6.10. The molecule has 0 amide bonds. The van der Waals surface area contributed by atoms with E-state index in [1.807, 2.05) is 18.3 Å². The quantitative estimate of drug-likeness (QED) is 0.646. The highest BCUT2D eigenvalue weighted by Gasteiger charge is 2.41. The first kappa shape index (κ1) is 13.9. The topological polar surface area (TPSA) is 60.2 Å². The van der Waals surface area contributed by atoms with Crippen molar-refractivity contribution in [2.45, 2.75) is 43.7 Å². The fourth-order valence-corrected chi connectivity index (χ4v) is 3.04. The van der Waals surface area contributed by atoms with E-state index in [0.29, 0.717) is 0 Å². The number of hydrogen-bond donors (Lipinski definition) is 2. The number of pyridine rings is 1. The SMILES string of the molecule is COC1(C(Cc2ccc(Br)cn2)NN)CCCC1. The van der Waals surface area contributed by atoms with Crippen molar-refractivity contribution in [2.24, 2.45) is 5.84 Å². The van der Waals surface area contributed by atoms with Crippen molar-refractivity contribution < 1.29 is 4.74 Å². The van der Waals surface area contributed by atoms with Crippen LogP contribution in [0.5, 0.6) is 0 Å². The number of aromatic nitrogens is 1. The van der Waals surface area contributed by atoms with Crippen molar-refractivity contribution in [3.8, 4) is 0 Å². The van der Waals surface area contributed by atoms with Gasteiger partial charge in [-0.3, -0.25) is 16.3 Å². The highest BCUT2D eigenvalue weighted by atomic mass is 79.9. The summed E-state index contributed by atoms with van der Waals surface area (Å²) in [6.07, 6.45) is 7.15. The Morgan fingerprint density at radius 3 is 2.72 bits per heavy atom. The minimum Gasteiger partial charge on any atom is -0.377 e. The summed E-state index contributed by atoms with van der Waals surface area (Å²) >= 11 is 3.39. The zero-order chi connectivity index (χ0) is 13.0. The Morgan fingerprint density at radius 1 is 1.50 bits per heavy atom. The summed E-state index contributed by atoms with van der Waals surface area (Å²) in [4.78, 5) is 4.40. The van der Waals surface area contributed by atoms with Gasteiger partial charge in [-0.2, -0.15) is 0 Å². The molecule has 1 unspecified atom stereocenters. The van der Waals surface area contributed by atoms with E-state index in [1.165, 1.54) is 12.8 Å². The van der Waals surface area contributed by atoms with Gasteiger partial charge in [0.05, 0.1) is 11.6 Å². The maximum atomic E-state index is 5.77. The summed E-state index contributed by atoms with van der Waals surface area (Å²) in [5.74, 6) is 5.72. The van der Waals surface area contributed by atoms with Crippen molar-refractivity contribution in [1.82, 2.24) is 10.4 Å². The summed E-state index contributed by atoms with van der Waals surface area (Å²) < 4.78 is 6.76. The second-order valence-electron chi connectivity index (χ2n) is 4.87. The molecule has 0 bridgehead atoms. The van der Waals surface area contributed by atoms with Crippen LogP contribution in [0.25, 0.3) is 0 Å². The first-order valence-electron chi connectivity index (χ1n) is 6.32. The first-order chi connectivity index (χ1) is 8.70. The van der Waals surface area contributed by atoms with Crippen LogP contribution in [0, 0.1) is 0 Å². The molecule has 0 aromatic carbocycles. The van der Waals surface area contributed by atoms with Crippen LogP contribution in [0.15, 0.2) is 22.8 Å². The van der Waals surface area contributed by atoms with E-state index in [1.54, 1.807) is 7.11 Å². The third kappa shape index (κ3) is 2.91. The van der Waals surface area contributed by atoms with Gasteiger partial charge in [0.1, 0.15) is 0 Å². The number of nitrogens with zero attached hydrogens (tertiary/aromatic N) is 1. The second-order valence-corrected chi connectivity index (χ2v) is 5.78. The minimum atomic E-state index is -0.135. The Labute approximate surface area is 116 Å². The number of hydrogen-bond acceptors (Lipinski definition) is 4. The van der Waals surface area contributed by atoms with Gasteiger partial charge in [0.15, 0.2) is 0 Å². The molecule has 1 aliphatic carbocycles. The van der Waals surface area contributed by atoms with E-state index in [9.17, 15) is 0 Å². The van der Waals surface area contributed by atoms with Gasteiger partial charge >= 0.3 is 0 Å². The Kier molecular flexibility index (Phi) is 4.72. The van der Waals surface area contributed by atoms with Crippen molar-refractivity contribution in [2.75, 3.05) is 7.11 Å². The van der Waals surface area contributed by atoms with Gasteiger partial charge in [0.25, 0.3) is 0 Å². The lowest BCUT2D eigenvalue weighted by molar-refractivity contribution is -0.0358. The summed E-state index contributed by atoms with van der Waals surface area (Å²) in [5.41, 5.74) is 3.82. The minimum absolute atomic E-state index is 0.110. The van der Waals surface area contributed by atoms with Gasteiger partial charge in [0.2, 0.25) is 0 Å². The number of nitrogens with two attached hydrogens (primary N) is 1. The fraction of sp³-hybridized carbons (Fsp3) is 0.615. The predicted molar refractivity (Wildman–Crippen MR) is 75.0 cm³/mol. The summed E-state index contributed by atoms with van der Waals surface area (Å²) in [6, 6.07) is 4.13. The van der Waals surface area contributed by atoms with Crippen LogP contribution in [0.1, 0.15) is 31.4 Å². The normalized spacial score (nSPS) is 19.9. The third-order valence-corrected chi connectivity index (χ3v) is 4.36. The van der Waals surface area contributed by atoms with E-state index in [-0.39, 0.29) is 11.6 Å². The molecule has 1 aromatic rings.